The number of rotatable bonds is 2. The normalized spacial score (nSPS) is 17.1. The smallest absolute Gasteiger partial charge is 0.252 e. The van der Waals surface area contributed by atoms with Crippen molar-refractivity contribution in [1.82, 2.24) is 4.31 Å². The van der Waals surface area contributed by atoms with Gasteiger partial charge in [0.1, 0.15) is 9.97 Å². The van der Waals surface area contributed by atoms with Crippen LogP contribution < -0.4 is 0 Å². The molecule has 0 saturated heterocycles. The number of hydrogen-bond donors (Lipinski definition) is 0. The topological polar surface area (TPSA) is 50.5 Å². The van der Waals surface area contributed by atoms with Crippen molar-refractivity contribution in [2.45, 2.75) is 30.5 Å². The number of nitrogens with zero attached hydrogens (tertiary/aromatic N) is 1. The SMILES string of the molecule is Cc1csc(S(=O)(=O)N2CCCc3occc3C2)c1. The van der Waals surface area contributed by atoms with Crippen molar-refractivity contribution < 1.29 is 12.8 Å². The lowest BCUT2D eigenvalue weighted by Gasteiger charge is -2.18. The molecule has 2 aromatic rings. The molecule has 0 atom stereocenters. The van der Waals surface area contributed by atoms with E-state index in [-0.39, 0.29) is 0 Å². The highest BCUT2D eigenvalue weighted by Gasteiger charge is 2.28. The summed E-state index contributed by atoms with van der Waals surface area (Å²) in [7, 11) is -3.37. The summed E-state index contributed by atoms with van der Waals surface area (Å²) in [6, 6.07) is 3.60. The Labute approximate surface area is 116 Å². The third-order valence-corrected chi connectivity index (χ3v) is 6.67. The van der Waals surface area contributed by atoms with Crippen molar-refractivity contribution >= 4 is 21.4 Å². The second-order valence-electron chi connectivity index (χ2n) is 4.75. The highest BCUT2D eigenvalue weighted by atomic mass is 32.2. The lowest BCUT2D eigenvalue weighted by atomic mass is 10.2. The van der Waals surface area contributed by atoms with Crippen LogP contribution in [0.25, 0.3) is 0 Å². The molecule has 0 spiro atoms. The fourth-order valence-electron chi connectivity index (χ4n) is 2.28. The molecule has 1 aliphatic rings. The van der Waals surface area contributed by atoms with Gasteiger partial charge in [0.05, 0.1) is 6.26 Å². The maximum Gasteiger partial charge on any atom is 0.252 e. The molecule has 0 saturated carbocycles. The van der Waals surface area contributed by atoms with Gasteiger partial charge in [-0.15, -0.1) is 11.3 Å². The minimum atomic E-state index is -3.37. The summed E-state index contributed by atoms with van der Waals surface area (Å²) in [6.45, 7) is 2.86. The number of thiophene rings is 1. The number of sulfonamides is 1. The highest BCUT2D eigenvalue weighted by Crippen LogP contribution is 2.28. The van der Waals surface area contributed by atoms with Crippen LogP contribution in [-0.2, 0) is 23.0 Å². The van der Waals surface area contributed by atoms with E-state index in [9.17, 15) is 8.42 Å². The van der Waals surface area contributed by atoms with Crippen LogP contribution in [0.1, 0.15) is 23.3 Å². The first-order valence-electron chi connectivity index (χ1n) is 6.18. The van der Waals surface area contributed by atoms with E-state index >= 15 is 0 Å². The van der Waals surface area contributed by atoms with Gasteiger partial charge >= 0.3 is 0 Å². The zero-order valence-corrected chi connectivity index (χ0v) is 12.3. The fraction of sp³-hybridized carbons (Fsp3) is 0.385. The Bertz CT molecular complexity index is 684. The van der Waals surface area contributed by atoms with E-state index in [0.29, 0.717) is 17.3 Å². The molecule has 6 heteroatoms. The molecule has 0 radical (unpaired) electrons. The zero-order chi connectivity index (χ0) is 13.5. The van der Waals surface area contributed by atoms with Crippen molar-refractivity contribution in [3.63, 3.8) is 0 Å². The number of hydrogen-bond acceptors (Lipinski definition) is 4. The molecule has 102 valence electrons. The van der Waals surface area contributed by atoms with Crippen LogP contribution in [0.2, 0.25) is 0 Å². The van der Waals surface area contributed by atoms with Crippen LogP contribution in [0.15, 0.2) is 32.4 Å². The van der Waals surface area contributed by atoms with Gasteiger partial charge in [-0.05, 0) is 36.4 Å². The molecule has 3 heterocycles. The van der Waals surface area contributed by atoms with Gasteiger partial charge in [0.15, 0.2) is 0 Å². The largest absolute Gasteiger partial charge is 0.469 e. The van der Waals surface area contributed by atoms with Crippen LogP contribution in [0.4, 0.5) is 0 Å². The molecule has 2 aromatic heterocycles. The second-order valence-corrected chi connectivity index (χ2v) is 7.83. The molecule has 0 aliphatic carbocycles. The fourth-order valence-corrected chi connectivity index (χ4v) is 5.12. The van der Waals surface area contributed by atoms with Gasteiger partial charge in [0.2, 0.25) is 0 Å². The minimum Gasteiger partial charge on any atom is -0.469 e. The molecule has 0 N–H and O–H groups in total. The number of aryl methyl sites for hydroxylation is 2. The van der Waals surface area contributed by atoms with Gasteiger partial charge in [-0.1, -0.05) is 0 Å². The first-order chi connectivity index (χ1) is 9.07. The minimum absolute atomic E-state index is 0.408. The Hall–Kier alpha value is -1.11. The monoisotopic (exact) mass is 297 g/mol. The van der Waals surface area contributed by atoms with Crippen LogP contribution in [0.5, 0.6) is 0 Å². The Balaban J connectivity index is 1.94. The van der Waals surface area contributed by atoms with Gasteiger partial charge in [-0.25, -0.2) is 8.42 Å². The molecule has 0 unspecified atom stereocenters. The summed E-state index contributed by atoms with van der Waals surface area (Å²) in [5.41, 5.74) is 1.97. The molecule has 0 amide bonds. The molecule has 19 heavy (non-hydrogen) atoms. The molecule has 0 aromatic carbocycles. The maximum atomic E-state index is 12.6. The Kier molecular flexibility index (Phi) is 3.24. The van der Waals surface area contributed by atoms with Crippen molar-refractivity contribution in [2.75, 3.05) is 6.54 Å². The number of furan rings is 1. The van der Waals surface area contributed by atoms with Crippen molar-refractivity contribution in [2.24, 2.45) is 0 Å². The highest BCUT2D eigenvalue weighted by molar-refractivity contribution is 7.91. The zero-order valence-electron chi connectivity index (χ0n) is 10.6. The second kappa shape index (κ2) is 4.77. The Morgan fingerprint density at radius 3 is 3.00 bits per heavy atom. The summed E-state index contributed by atoms with van der Waals surface area (Å²) < 4.78 is 32.6. The third kappa shape index (κ3) is 2.35. The average Bonchev–Trinajstić information content (AvgIpc) is 2.94. The van der Waals surface area contributed by atoms with Gasteiger partial charge in [-0.3, -0.25) is 0 Å². The van der Waals surface area contributed by atoms with Crippen LogP contribution in [-0.4, -0.2) is 19.3 Å². The summed E-state index contributed by atoms with van der Waals surface area (Å²) in [6.07, 6.45) is 3.23. The molecule has 4 nitrogen and oxygen atoms in total. The van der Waals surface area contributed by atoms with Gasteiger partial charge < -0.3 is 4.42 Å². The quantitative estimate of drug-likeness (QED) is 0.856. The van der Waals surface area contributed by atoms with Gasteiger partial charge in [0, 0.05) is 25.1 Å². The molecule has 1 aliphatic heterocycles. The van der Waals surface area contributed by atoms with Crippen LogP contribution >= 0.6 is 11.3 Å². The van der Waals surface area contributed by atoms with Crippen LogP contribution in [0.3, 0.4) is 0 Å². The lowest BCUT2D eigenvalue weighted by Crippen LogP contribution is -2.30. The van der Waals surface area contributed by atoms with Gasteiger partial charge in [0.25, 0.3) is 10.0 Å². The van der Waals surface area contributed by atoms with E-state index in [4.69, 9.17) is 4.42 Å². The van der Waals surface area contributed by atoms with E-state index in [0.717, 1.165) is 29.7 Å². The van der Waals surface area contributed by atoms with E-state index in [1.807, 2.05) is 18.4 Å². The predicted molar refractivity (Wildman–Crippen MR) is 73.7 cm³/mol. The first-order valence-corrected chi connectivity index (χ1v) is 8.50. The summed E-state index contributed by atoms with van der Waals surface area (Å²) >= 11 is 1.29. The van der Waals surface area contributed by atoms with E-state index < -0.39 is 10.0 Å². The molecular weight excluding hydrogens is 282 g/mol. The Morgan fingerprint density at radius 1 is 1.42 bits per heavy atom. The third-order valence-electron chi connectivity index (χ3n) is 3.30. The van der Waals surface area contributed by atoms with E-state index in [1.54, 1.807) is 16.6 Å². The average molecular weight is 297 g/mol. The first kappa shape index (κ1) is 12.9. The van der Waals surface area contributed by atoms with Crippen molar-refractivity contribution in [3.05, 3.63) is 40.7 Å². The molecule has 0 fully saturated rings. The predicted octanol–water partition coefficient (Wildman–Crippen LogP) is 2.79. The van der Waals surface area contributed by atoms with Crippen LogP contribution in [0, 0.1) is 6.92 Å². The summed E-state index contributed by atoms with van der Waals surface area (Å²) in [5, 5.41) is 1.87. The Morgan fingerprint density at radius 2 is 2.26 bits per heavy atom. The molecule has 3 rings (SSSR count). The van der Waals surface area contributed by atoms with Crippen molar-refractivity contribution in [1.29, 1.82) is 0 Å². The van der Waals surface area contributed by atoms with Gasteiger partial charge in [-0.2, -0.15) is 4.31 Å². The van der Waals surface area contributed by atoms with E-state index in [2.05, 4.69) is 0 Å². The summed E-state index contributed by atoms with van der Waals surface area (Å²) in [4.78, 5) is 0. The molecular formula is C13H15NO3S2. The van der Waals surface area contributed by atoms with Crippen molar-refractivity contribution in [3.8, 4) is 0 Å². The molecule has 0 bridgehead atoms. The van der Waals surface area contributed by atoms with E-state index in [1.165, 1.54) is 11.3 Å². The standard InChI is InChI=1S/C13H15NO3S2/c1-10-7-13(18-9-10)19(15,16)14-5-2-3-12-11(8-14)4-6-17-12/h4,6-7,9H,2-3,5,8H2,1H3. The number of fused-ring (bicyclic) bond motifs is 1. The summed E-state index contributed by atoms with van der Waals surface area (Å²) in [5.74, 6) is 0.917. The lowest BCUT2D eigenvalue weighted by molar-refractivity contribution is 0.410. The maximum absolute atomic E-state index is 12.6.